The van der Waals surface area contributed by atoms with Crippen molar-refractivity contribution >= 4 is 27.5 Å². The number of anilines is 1. The van der Waals surface area contributed by atoms with Gasteiger partial charge >= 0.3 is 6.01 Å². The zero-order valence-electron chi connectivity index (χ0n) is 27.3. The van der Waals surface area contributed by atoms with E-state index in [1.54, 1.807) is 7.11 Å². The SMILES string of the molecule is C#Cc1c(F)ccc2cc(O)cc(-c3ncc4c(N5CCNC(COC)C5)nc(OCC56CCCN5C/C(=C/F)C6)nc4c3F)c12.CC. The summed E-state index contributed by atoms with van der Waals surface area (Å²) in [5.74, 6) is 1.21. The molecule has 3 saturated heterocycles. The van der Waals surface area contributed by atoms with Crippen molar-refractivity contribution in [3.63, 3.8) is 0 Å². The minimum atomic E-state index is -0.794. The van der Waals surface area contributed by atoms with Gasteiger partial charge in [-0.1, -0.05) is 25.8 Å². The molecule has 0 spiro atoms. The number of benzene rings is 2. The van der Waals surface area contributed by atoms with Crippen molar-refractivity contribution in [2.45, 2.75) is 44.7 Å². The minimum absolute atomic E-state index is 0.0104. The first-order chi connectivity index (χ1) is 23.3. The predicted molar refractivity (Wildman–Crippen MR) is 180 cm³/mol. The third-order valence-electron chi connectivity index (χ3n) is 9.33. The fourth-order valence-electron chi connectivity index (χ4n) is 7.25. The lowest BCUT2D eigenvalue weighted by atomic mass is 9.94. The van der Waals surface area contributed by atoms with Crippen molar-refractivity contribution in [1.82, 2.24) is 25.2 Å². The number of ether oxygens (including phenoxy) is 2. The van der Waals surface area contributed by atoms with E-state index in [2.05, 4.69) is 26.1 Å². The van der Waals surface area contributed by atoms with Crippen LogP contribution >= 0.6 is 0 Å². The standard InChI is InChI=1S/C34H33F3N6O3.C2H6/c1-3-24-27(36)6-5-21-11-23(44)12-25(28(21)24)30-29(37)31-26(15-39-30)32(42-10-8-38-22(17-42)18-45-2)41-33(40-31)46-19-34-7-4-9-43(34)16-20(13-34)14-35;1-2/h1,5-6,11-12,14-15,22,38,44H,4,7-10,13,16-19H2,2H3;1-2H3/b20-14+;. The summed E-state index contributed by atoms with van der Waals surface area (Å²) in [4.78, 5) is 18.0. The number of terminal acetylenes is 1. The number of phenolic OH excluding ortho intramolecular Hbond substituents is 1. The second-order valence-corrected chi connectivity index (χ2v) is 12.2. The summed E-state index contributed by atoms with van der Waals surface area (Å²) < 4.78 is 56.7. The van der Waals surface area contributed by atoms with Gasteiger partial charge in [-0.05, 0) is 55.0 Å². The molecule has 5 heterocycles. The highest BCUT2D eigenvalue weighted by Gasteiger charge is 2.47. The van der Waals surface area contributed by atoms with E-state index in [1.807, 2.05) is 18.7 Å². The largest absolute Gasteiger partial charge is 0.508 e. The smallest absolute Gasteiger partial charge is 0.319 e. The quantitative estimate of drug-likeness (QED) is 0.241. The van der Waals surface area contributed by atoms with E-state index in [1.165, 1.54) is 30.5 Å². The Bertz CT molecular complexity index is 1910. The van der Waals surface area contributed by atoms with Crippen LogP contribution in [0.2, 0.25) is 0 Å². The topological polar surface area (TPSA) is 95.9 Å². The normalized spacial score (nSPS) is 21.7. The Morgan fingerprint density at radius 3 is 2.81 bits per heavy atom. The fourth-order valence-corrected chi connectivity index (χ4v) is 7.25. The second kappa shape index (κ2) is 14.0. The Kier molecular flexibility index (Phi) is 9.73. The number of hydrogen-bond donors (Lipinski definition) is 2. The minimum Gasteiger partial charge on any atom is -0.508 e. The van der Waals surface area contributed by atoms with Gasteiger partial charge in [-0.25, -0.2) is 13.2 Å². The molecule has 2 aromatic carbocycles. The summed E-state index contributed by atoms with van der Waals surface area (Å²) in [6.45, 7) is 7.84. The van der Waals surface area contributed by atoms with Crippen molar-refractivity contribution < 1.29 is 27.8 Å². The van der Waals surface area contributed by atoms with E-state index in [4.69, 9.17) is 20.9 Å². The number of nitrogens with zero attached hydrogens (tertiary/aromatic N) is 5. The van der Waals surface area contributed by atoms with E-state index in [-0.39, 0.29) is 57.7 Å². The van der Waals surface area contributed by atoms with E-state index >= 15 is 4.39 Å². The van der Waals surface area contributed by atoms with Gasteiger partial charge in [0.05, 0.1) is 29.4 Å². The number of phenols is 1. The Balaban J connectivity index is 0.00000197. The molecule has 4 aromatic rings. The highest BCUT2D eigenvalue weighted by Crippen LogP contribution is 2.42. The summed E-state index contributed by atoms with van der Waals surface area (Å²) in [5, 5.41) is 15.0. The first kappa shape index (κ1) is 33.5. The lowest BCUT2D eigenvalue weighted by Crippen LogP contribution is -2.53. The monoisotopic (exact) mass is 660 g/mol. The molecule has 3 aliphatic heterocycles. The number of rotatable bonds is 7. The van der Waals surface area contributed by atoms with E-state index in [0.717, 1.165) is 25.0 Å². The molecule has 7 rings (SSSR count). The van der Waals surface area contributed by atoms with Gasteiger partial charge in [0, 0.05) is 56.5 Å². The molecule has 0 amide bonds. The molecule has 3 fully saturated rings. The summed E-state index contributed by atoms with van der Waals surface area (Å²) in [6.07, 6.45) is 10.2. The number of halogens is 3. The maximum absolute atomic E-state index is 16.8. The number of nitrogens with one attached hydrogen (secondary N) is 1. The molecule has 3 aliphatic rings. The summed E-state index contributed by atoms with van der Waals surface area (Å²) in [5.41, 5.74) is 0.203. The van der Waals surface area contributed by atoms with Crippen LogP contribution in [0.1, 0.15) is 38.7 Å². The van der Waals surface area contributed by atoms with Crippen LogP contribution in [0.3, 0.4) is 0 Å². The lowest BCUT2D eigenvalue weighted by molar-refractivity contribution is 0.108. The molecule has 9 nitrogen and oxygen atoms in total. The first-order valence-electron chi connectivity index (χ1n) is 16.3. The first-order valence-corrected chi connectivity index (χ1v) is 16.3. The fraction of sp³-hybridized carbons (Fsp3) is 0.417. The van der Waals surface area contributed by atoms with Crippen LogP contribution in [-0.2, 0) is 4.74 Å². The Morgan fingerprint density at radius 2 is 2.04 bits per heavy atom. The van der Waals surface area contributed by atoms with Crippen LogP contribution in [0.15, 0.2) is 42.4 Å². The lowest BCUT2D eigenvalue weighted by Gasteiger charge is -2.35. The van der Waals surface area contributed by atoms with Gasteiger partial charge < -0.3 is 24.8 Å². The molecule has 2 N–H and O–H groups in total. The zero-order chi connectivity index (χ0) is 34.0. The maximum atomic E-state index is 16.8. The van der Waals surface area contributed by atoms with E-state index in [9.17, 15) is 13.9 Å². The van der Waals surface area contributed by atoms with Crippen molar-refractivity contribution in [3.05, 3.63) is 59.6 Å². The average Bonchev–Trinajstić information content (AvgIpc) is 3.66. The van der Waals surface area contributed by atoms with E-state index < -0.39 is 11.6 Å². The highest BCUT2D eigenvalue weighted by atomic mass is 19.1. The van der Waals surface area contributed by atoms with Gasteiger partial charge in [0.15, 0.2) is 5.82 Å². The number of fused-ring (bicyclic) bond motifs is 3. The molecule has 12 heteroatoms. The van der Waals surface area contributed by atoms with Crippen LogP contribution in [0.4, 0.5) is 19.0 Å². The molecular formula is C36H39F3N6O3. The Morgan fingerprint density at radius 1 is 1.21 bits per heavy atom. The Hall–Kier alpha value is -4.44. The third kappa shape index (κ3) is 6.02. The number of pyridine rings is 1. The number of piperazine rings is 1. The molecule has 2 unspecified atom stereocenters. The molecule has 0 saturated carbocycles. The predicted octanol–water partition coefficient (Wildman–Crippen LogP) is 5.73. The van der Waals surface area contributed by atoms with Gasteiger partial charge in [0.1, 0.15) is 35.2 Å². The molecule has 0 radical (unpaired) electrons. The van der Waals surface area contributed by atoms with Crippen molar-refractivity contribution in [3.8, 4) is 35.4 Å². The molecule has 2 aromatic heterocycles. The average molecular weight is 661 g/mol. The number of aromatic hydroxyl groups is 1. The molecule has 252 valence electrons. The van der Waals surface area contributed by atoms with Crippen molar-refractivity contribution in [2.75, 3.05) is 57.9 Å². The summed E-state index contributed by atoms with van der Waals surface area (Å²) in [6, 6.07) is 5.42. The molecule has 0 bridgehead atoms. The van der Waals surface area contributed by atoms with Crippen molar-refractivity contribution in [2.24, 2.45) is 0 Å². The van der Waals surface area contributed by atoms with Gasteiger partial charge in [-0.15, -0.1) is 6.42 Å². The van der Waals surface area contributed by atoms with E-state index in [0.29, 0.717) is 62.1 Å². The zero-order valence-corrected chi connectivity index (χ0v) is 27.3. The number of hydrogen-bond acceptors (Lipinski definition) is 9. The summed E-state index contributed by atoms with van der Waals surface area (Å²) >= 11 is 0. The molecular weight excluding hydrogens is 621 g/mol. The van der Waals surface area contributed by atoms with Crippen LogP contribution in [0.25, 0.3) is 32.9 Å². The third-order valence-corrected chi connectivity index (χ3v) is 9.33. The maximum Gasteiger partial charge on any atom is 0.319 e. The highest BCUT2D eigenvalue weighted by molar-refractivity contribution is 6.03. The molecule has 0 aliphatic carbocycles. The van der Waals surface area contributed by atoms with Gasteiger partial charge in [-0.2, -0.15) is 9.97 Å². The van der Waals surface area contributed by atoms with Gasteiger partial charge in [0.25, 0.3) is 0 Å². The van der Waals surface area contributed by atoms with Crippen LogP contribution < -0.4 is 15.0 Å². The summed E-state index contributed by atoms with van der Waals surface area (Å²) in [7, 11) is 1.63. The van der Waals surface area contributed by atoms with Crippen LogP contribution in [-0.4, -0.2) is 89.6 Å². The van der Waals surface area contributed by atoms with Crippen LogP contribution in [0.5, 0.6) is 11.8 Å². The van der Waals surface area contributed by atoms with Gasteiger partial charge in [0.2, 0.25) is 0 Å². The Labute approximate surface area is 277 Å². The van der Waals surface area contributed by atoms with Gasteiger partial charge in [-0.3, -0.25) is 9.88 Å². The number of aromatic nitrogens is 3. The second-order valence-electron chi connectivity index (χ2n) is 12.2. The number of methoxy groups -OCH3 is 1. The molecule has 2 atom stereocenters. The van der Waals surface area contributed by atoms with Crippen molar-refractivity contribution in [1.29, 1.82) is 0 Å². The van der Waals surface area contributed by atoms with Crippen LogP contribution in [0, 0.1) is 24.0 Å². The molecule has 48 heavy (non-hydrogen) atoms.